The second-order valence-corrected chi connectivity index (χ2v) is 4.56. The number of benzene rings is 1. The molecule has 0 aliphatic carbocycles. The Morgan fingerprint density at radius 3 is 3.05 bits per heavy atom. The molecule has 0 bridgehead atoms. The predicted molar refractivity (Wildman–Crippen MR) is 81.0 cm³/mol. The number of nitrogens with two attached hydrogens (primary N) is 1. The number of aromatic nitrogens is 1. The van der Waals surface area contributed by atoms with Gasteiger partial charge in [0.05, 0.1) is 5.52 Å². The second-order valence-electron chi connectivity index (χ2n) is 4.56. The van der Waals surface area contributed by atoms with Crippen molar-refractivity contribution in [1.29, 1.82) is 0 Å². The van der Waals surface area contributed by atoms with Crippen molar-refractivity contribution in [1.82, 2.24) is 10.3 Å². The summed E-state index contributed by atoms with van der Waals surface area (Å²) in [5.41, 5.74) is 8.12. The first kappa shape index (κ1) is 13.7. The fourth-order valence-corrected chi connectivity index (χ4v) is 2.16. The molecule has 0 saturated carbocycles. The van der Waals surface area contributed by atoms with Gasteiger partial charge in [-0.2, -0.15) is 0 Å². The zero-order valence-electron chi connectivity index (χ0n) is 11.3. The van der Waals surface area contributed by atoms with E-state index in [-0.39, 0.29) is 6.04 Å². The largest absolute Gasteiger partial charge is 0.329 e. The Morgan fingerprint density at radius 1 is 1.37 bits per heavy atom. The maximum Gasteiger partial charge on any atom is 0.0702 e. The van der Waals surface area contributed by atoms with Crippen molar-refractivity contribution < 1.29 is 0 Å². The molecule has 0 radical (unpaired) electrons. The summed E-state index contributed by atoms with van der Waals surface area (Å²) < 4.78 is 0. The Hall–Kier alpha value is -1.71. The lowest BCUT2D eigenvalue weighted by atomic mass is 10.0. The van der Waals surface area contributed by atoms with Gasteiger partial charge in [-0.05, 0) is 43.7 Å². The highest BCUT2D eigenvalue weighted by Gasteiger charge is 2.08. The molecule has 0 spiro atoms. The molecule has 0 fully saturated rings. The lowest BCUT2D eigenvalue weighted by Gasteiger charge is -2.17. The van der Waals surface area contributed by atoms with Crippen LogP contribution in [0.15, 0.2) is 48.7 Å². The Balaban J connectivity index is 2.11. The van der Waals surface area contributed by atoms with Crippen LogP contribution in [0, 0.1) is 0 Å². The molecule has 2 rings (SSSR count). The van der Waals surface area contributed by atoms with Crippen LogP contribution in [0.25, 0.3) is 10.9 Å². The lowest BCUT2D eigenvalue weighted by Crippen LogP contribution is -2.28. The van der Waals surface area contributed by atoms with Crippen molar-refractivity contribution in [3.8, 4) is 0 Å². The Morgan fingerprint density at radius 2 is 2.26 bits per heavy atom. The maximum absolute atomic E-state index is 5.87. The van der Waals surface area contributed by atoms with E-state index in [0.29, 0.717) is 6.54 Å². The van der Waals surface area contributed by atoms with Gasteiger partial charge in [0, 0.05) is 24.2 Å². The summed E-state index contributed by atoms with van der Waals surface area (Å²) in [6, 6.07) is 10.6. The fraction of sp³-hybridized carbons (Fsp3) is 0.312. The van der Waals surface area contributed by atoms with E-state index in [1.165, 1.54) is 5.56 Å². The Labute approximate surface area is 114 Å². The quantitative estimate of drug-likeness (QED) is 0.616. The van der Waals surface area contributed by atoms with Crippen LogP contribution in [-0.4, -0.2) is 18.1 Å². The highest BCUT2D eigenvalue weighted by atomic mass is 14.9. The highest BCUT2D eigenvalue weighted by molar-refractivity contribution is 5.79. The molecule has 3 nitrogen and oxygen atoms in total. The molecule has 19 heavy (non-hydrogen) atoms. The van der Waals surface area contributed by atoms with Gasteiger partial charge < -0.3 is 11.1 Å². The zero-order chi connectivity index (χ0) is 13.5. The van der Waals surface area contributed by atoms with Gasteiger partial charge in [-0.3, -0.25) is 4.98 Å². The number of pyridine rings is 1. The average Bonchev–Trinajstić information content (AvgIpc) is 2.47. The smallest absolute Gasteiger partial charge is 0.0702 e. The summed E-state index contributed by atoms with van der Waals surface area (Å²) in [5.74, 6) is 0. The van der Waals surface area contributed by atoms with Gasteiger partial charge in [0.25, 0.3) is 0 Å². The van der Waals surface area contributed by atoms with Crippen LogP contribution < -0.4 is 11.1 Å². The van der Waals surface area contributed by atoms with E-state index < -0.39 is 0 Å². The summed E-state index contributed by atoms with van der Waals surface area (Å²) in [5, 5.41) is 4.65. The summed E-state index contributed by atoms with van der Waals surface area (Å²) in [4.78, 5) is 4.33. The van der Waals surface area contributed by atoms with Crippen molar-refractivity contribution in [2.75, 3.05) is 13.1 Å². The number of hydrogen-bond acceptors (Lipinski definition) is 3. The molecule has 2 aromatic rings. The number of hydrogen-bond donors (Lipinski definition) is 2. The van der Waals surface area contributed by atoms with Gasteiger partial charge in [0.2, 0.25) is 0 Å². The minimum absolute atomic E-state index is 0.204. The first-order valence-corrected chi connectivity index (χ1v) is 6.74. The van der Waals surface area contributed by atoms with Gasteiger partial charge in [-0.15, -0.1) is 0 Å². The van der Waals surface area contributed by atoms with Crippen LogP contribution in [0.4, 0.5) is 0 Å². The number of rotatable bonds is 6. The molecule has 1 atom stereocenters. The summed E-state index contributed by atoms with van der Waals surface area (Å²) in [6.45, 7) is 3.58. The standard InChI is InChI=1S/C16H21N3/c1-2-3-4-9-19-16(12-17)14-7-8-15-13(11-14)6-5-10-18-15/h2-3,5-8,10-11,16,19H,4,9,12,17H2,1H3/b3-2+. The van der Waals surface area contributed by atoms with Crippen LogP contribution >= 0.6 is 0 Å². The molecule has 1 aromatic heterocycles. The van der Waals surface area contributed by atoms with Gasteiger partial charge in [-0.1, -0.05) is 24.3 Å². The first-order valence-electron chi connectivity index (χ1n) is 6.74. The molecule has 0 saturated heterocycles. The van der Waals surface area contributed by atoms with Crippen molar-refractivity contribution >= 4 is 10.9 Å². The third-order valence-corrected chi connectivity index (χ3v) is 3.20. The monoisotopic (exact) mass is 255 g/mol. The third-order valence-electron chi connectivity index (χ3n) is 3.20. The maximum atomic E-state index is 5.87. The number of allylic oxidation sites excluding steroid dienone is 1. The molecule has 3 N–H and O–H groups in total. The highest BCUT2D eigenvalue weighted by Crippen LogP contribution is 2.18. The SMILES string of the molecule is C/C=C/CCNC(CN)c1ccc2ncccc2c1. The average molecular weight is 255 g/mol. The molecule has 3 heteroatoms. The molecule has 1 aromatic carbocycles. The van der Waals surface area contributed by atoms with Crippen LogP contribution in [0.3, 0.4) is 0 Å². The molecule has 1 heterocycles. The minimum Gasteiger partial charge on any atom is -0.329 e. The molecule has 0 aliphatic rings. The summed E-state index contributed by atoms with van der Waals surface area (Å²) in [7, 11) is 0. The zero-order valence-corrected chi connectivity index (χ0v) is 11.3. The summed E-state index contributed by atoms with van der Waals surface area (Å²) >= 11 is 0. The molecular weight excluding hydrogens is 234 g/mol. The van der Waals surface area contributed by atoms with E-state index in [1.54, 1.807) is 0 Å². The molecule has 1 unspecified atom stereocenters. The Kier molecular flexibility index (Phi) is 5.07. The molecule has 100 valence electrons. The first-order chi connectivity index (χ1) is 9.35. The van der Waals surface area contributed by atoms with Crippen LogP contribution in [0.2, 0.25) is 0 Å². The van der Waals surface area contributed by atoms with Gasteiger partial charge in [0.15, 0.2) is 0 Å². The molecule has 0 amide bonds. The Bertz CT molecular complexity index is 548. The van der Waals surface area contributed by atoms with Crippen molar-refractivity contribution in [3.63, 3.8) is 0 Å². The number of nitrogens with one attached hydrogen (secondary N) is 1. The van der Waals surface area contributed by atoms with E-state index in [9.17, 15) is 0 Å². The van der Waals surface area contributed by atoms with E-state index in [0.717, 1.165) is 23.9 Å². The van der Waals surface area contributed by atoms with Crippen LogP contribution in [-0.2, 0) is 0 Å². The number of nitrogens with zero attached hydrogens (tertiary/aromatic N) is 1. The molecule has 0 aliphatic heterocycles. The van der Waals surface area contributed by atoms with E-state index in [1.807, 2.05) is 19.2 Å². The minimum atomic E-state index is 0.204. The fourth-order valence-electron chi connectivity index (χ4n) is 2.16. The van der Waals surface area contributed by atoms with E-state index in [4.69, 9.17) is 5.73 Å². The number of fused-ring (bicyclic) bond motifs is 1. The third kappa shape index (κ3) is 3.63. The van der Waals surface area contributed by atoms with Crippen molar-refractivity contribution in [2.45, 2.75) is 19.4 Å². The lowest BCUT2D eigenvalue weighted by molar-refractivity contribution is 0.548. The van der Waals surface area contributed by atoms with Gasteiger partial charge in [-0.25, -0.2) is 0 Å². The topological polar surface area (TPSA) is 50.9 Å². The second kappa shape index (κ2) is 7.02. The van der Waals surface area contributed by atoms with E-state index >= 15 is 0 Å². The van der Waals surface area contributed by atoms with Crippen molar-refractivity contribution in [3.05, 3.63) is 54.2 Å². The van der Waals surface area contributed by atoms with Crippen LogP contribution in [0.1, 0.15) is 24.9 Å². The predicted octanol–water partition coefficient (Wildman–Crippen LogP) is 2.79. The van der Waals surface area contributed by atoms with Crippen LogP contribution in [0.5, 0.6) is 0 Å². The van der Waals surface area contributed by atoms with Gasteiger partial charge >= 0.3 is 0 Å². The van der Waals surface area contributed by atoms with Gasteiger partial charge in [0.1, 0.15) is 0 Å². The summed E-state index contributed by atoms with van der Waals surface area (Å²) in [6.07, 6.45) is 7.08. The van der Waals surface area contributed by atoms with Crippen molar-refractivity contribution in [2.24, 2.45) is 5.73 Å². The molecular formula is C16H21N3. The van der Waals surface area contributed by atoms with E-state index in [2.05, 4.69) is 46.7 Å². The normalized spacial score (nSPS) is 13.2.